The fourth-order valence-corrected chi connectivity index (χ4v) is 12.8. The Morgan fingerprint density at radius 1 is 0.553 bits per heavy atom. The van der Waals surface area contributed by atoms with E-state index in [0.717, 1.165) is 64.7 Å². The van der Waals surface area contributed by atoms with Gasteiger partial charge < -0.3 is 100 Å². The molecule has 3 saturated heterocycles. The summed E-state index contributed by atoms with van der Waals surface area (Å²) in [4.78, 5) is 38.5. The van der Waals surface area contributed by atoms with Gasteiger partial charge in [-0.05, 0) is 44.9 Å². The molecule has 2 amide bonds. The summed E-state index contributed by atoms with van der Waals surface area (Å²) in [5, 5.41) is 136. The smallest absolute Gasteiger partial charge is 0.364 e. The first-order valence-electron chi connectivity index (χ1n) is 36.7. The molecule has 550 valence electrons. The van der Waals surface area contributed by atoms with Crippen LogP contribution in [0, 0.1) is 0 Å². The maximum absolute atomic E-state index is 13.4. The molecule has 3 heterocycles. The van der Waals surface area contributed by atoms with Crippen LogP contribution in [0.25, 0.3) is 0 Å². The number of aliphatic carboxylic acids is 1. The van der Waals surface area contributed by atoms with Gasteiger partial charge in [-0.2, -0.15) is 0 Å². The zero-order valence-corrected chi connectivity index (χ0v) is 57.6. The van der Waals surface area contributed by atoms with Gasteiger partial charge in [0.05, 0.1) is 50.7 Å². The predicted molar refractivity (Wildman–Crippen MR) is 357 cm³/mol. The van der Waals surface area contributed by atoms with Gasteiger partial charge in [-0.15, -0.1) is 0 Å². The van der Waals surface area contributed by atoms with Crippen molar-refractivity contribution in [1.29, 1.82) is 0 Å². The third-order valence-electron chi connectivity index (χ3n) is 18.7. The lowest BCUT2D eigenvalue weighted by molar-refractivity contribution is -0.386. The minimum atomic E-state index is -3.08. The number of aliphatic hydroxyl groups is 11. The first-order chi connectivity index (χ1) is 45.4. The van der Waals surface area contributed by atoms with Crippen molar-refractivity contribution < 1.29 is 104 Å². The Kier molecular flexibility index (Phi) is 46.7. The molecule has 23 nitrogen and oxygen atoms in total. The molecular formula is C71H130N2O21. The standard InChI is InChI=1S/C71H130N2O21/c1-4-6-8-10-12-14-15-16-17-18-19-20-21-22-23-24-25-26-27-28-29-30-31-32-33-34-35-37-39-41-43-45-58(81)73-52(53(78)44-42-40-38-36-13-11-9-7-5-2)50-89-68-63(85)62(84)65(57(49-76)91-68)92-69-64(86)67(61(83)56(48-75)90-69)94-71(70(87)88)46-54(79)59(72-51(3)77)66(93-71)60(82)55(80)47-74/h19-20,22-23,52-57,59-69,74-76,78-80,82-86H,4-18,21,24-50H2,1-3H3,(H,72,77)(H,73,81)(H,87,88)/b20-19-,23-22-. The average Bonchev–Trinajstić information content (AvgIpc) is 0.765. The number of hydrogen-bond donors (Lipinski definition) is 14. The maximum atomic E-state index is 13.4. The van der Waals surface area contributed by atoms with Crippen molar-refractivity contribution in [2.75, 3.05) is 26.4 Å². The molecule has 14 N–H and O–H groups in total. The van der Waals surface area contributed by atoms with Crippen molar-refractivity contribution in [3.63, 3.8) is 0 Å². The molecule has 0 aromatic carbocycles. The molecule has 0 aromatic rings. The van der Waals surface area contributed by atoms with E-state index in [0.29, 0.717) is 19.3 Å². The van der Waals surface area contributed by atoms with Gasteiger partial charge in [-0.3, -0.25) is 9.59 Å². The van der Waals surface area contributed by atoms with Gasteiger partial charge in [0.1, 0.15) is 67.1 Å². The van der Waals surface area contributed by atoms with Crippen LogP contribution in [0.2, 0.25) is 0 Å². The van der Waals surface area contributed by atoms with E-state index in [1.165, 1.54) is 161 Å². The number of carboxylic acids is 1. The molecule has 0 spiro atoms. The van der Waals surface area contributed by atoms with Crippen LogP contribution in [-0.2, 0) is 42.8 Å². The molecule has 0 radical (unpaired) electrons. The largest absolute Gasteiger partial charge is 0.477 e. The SMILES string of the molecule is CCCCCCCCCCC/C=C\C/C=C\CCCCCCCCCCCCCCCCCC(=O)NC(COC1OC(CO)C(OC2OC(CO)C(O)C(OC3(C(=O)O)CC(O)C(NC(C)=O)C(C(O)C(O)CO)O3)C2O)C(O)C1O)C(O)CCCCCCCCCCC. The summed E-state index contributed by atoms with van der Waals surface area (Å²) in [6, 6.07) is -2.53. The van der Waals surface area contributed by atoms with Gasteiger partial charge in [0.15, 0.2) is 12.6 Å². The molecule has 0 saturated carbocycles. The third kappa shape index (κ3) is 32.9. The van der Waals surface area contributed by atoms with Crippen molar-refractivity contribution >= 4 is 17.8 Å². The molecular weight excluding hydrogens is 1220 g/mol. The lowest BCUT2D eigenvalue weighted by atomic mass is 9.88. The monoisotopic (exact) mass is 1350 g/mol. The molecule has 18 atom stereocenters. The third-order valence-corrected chi connectivity index (χ3v) is 18.7. The Bertz CT molecular complexity index is 1990. The Morgan fingerprint density at radius 2 is 1.02 bits per heavy atom. The predicted octanol–water partition coefficient (Wildman–Crippen LogP) is 7.62. The molecule has 3 fully saturated rings. The van der Waals surface area contributed by atoms with Gasteiger partial charge in [0.25, 0.3) is 5.79 Å². The highest BCUT2D eigenvalue weighted by Crippen LogP contribution is 2.39. The number of hydrogen-bond acceptors (Lipinski definition) is 20. The van der Waals surface area contributed by atoms with E-state index in [-0.39, 0.29) is 18.9 Å². The van der Waals surface area contributed by atoms with Crippen LogP contribution in [0.4, 0.5) is 0 Å². The molecule has 3 rings (SSSR count). The number of carbonyl (C=O) groups is 3. The minimum Gasteiger partial charge on any atom is -0.477 e. The fourth-order valence-electron chi connectivity index (χ4n) is 12.8. The molecule has 94 heavy (non-hydrogen) atoms. The maximum Gasteiger partial charge on any atom is 0.364 e. The van der Waals surface area contributed by atoms with Gasteiger partial charge >= 0.3 is 5.97 Å². The van der Waals surface area contributed by atoms with E-state index in [9.17, 15) is 75.7 Å². The second kappa shape index (κ2) is 51.4. The van der Waals surface area contributed by atoms with Crippen molar-refractivity contribution in [2.24, 2.45) is 0 Å². The summed E-state index contributed by atoms with van der Waals surface area (Å²) in [6.07, 6.45) is 23.7. The van der Waals surface area contributed by atoms with E-state index >= 15 is 0 Å². The van der Waals surface area contributed by atoms with Crippen molar-refractivity contribution in [1.82, 2.24) is 10.6 Å². The molecule has 18 unspecified atom stereocenters. The van der Waals surface area contributed by atoms with Crippen LogP contribution in [0.3, 0.4) is 0 Å². The number of aliphatic hydroxyl groups excluding tert-OH is 11. The van der Waals surface area contributed by atoms with Crippen LogP contribution in [0.5, 0.6) is 0 Å². The fraction of sp³-hybridized carbons (Fsp3) is 0.901. The van der Waals surface area contributed by atoms with Gasteiger partial charge in [-0.1, -0.05) is 231 Å². The van der Waals surface area contributed by atoms with Crippen molar-refractivity contribution in [3.05, 3.63) is 24.3 Å². The molecule has 0 aliphatic carbocycles. The van der Waals surface area contributed by atoms with E-state index < -0.39 is 148 Å². The molecule has 0 aromatic heterocycles. The average molecular weight is 1350 g/mol. The van der Waals surface area contributed by atoms with Crippen LogP contribution < -0.4 is 10.6 Å². The first kappa shape index (κ1) is 85.4. The number of unbranched alkanes of at least 4 members (excludes halogenated alkanes) is 32. The Morgan fingerprint density at radius 3 is 1.49 bits per heavy atom. The van der Waals surface area contributed by atoms with Gasteiger partial charge in [-0.25, -0.2) is 4.79 Å². The zero-order chi connectivity index (χ0) is 68.9. The number of allylic oxidation sites excluding steroid dienone is 4. The summed E-state index contributed by atoms with van der Waals surface area (Å²) in [5.74, 6) is -6.10. The van der Waals surface area contributed by atoms with E-state index in [2.05, 4.69) is 48.8 Å². The summed E-state index contributed by atoms with van der Waals surface area (Å²) >= 11 is 0. The summed E-state index contributed by atoms with van der Waals surface area (Å²) in [5.41, 5.74) is 0. The first-order valence-corrected chi connectivity index (χ1v) is 36.7. The summed E-state index contributed by atoms with van der Waals surface area (Å²) in [6.45, 7) is 2.17. The Labute approximate surface area is 562 Å². The number of amides is 2. The highest BCUT2D eigenvalue weighted by molar-refractivity contribution is 5.77. The highest BCUT2D eigenvalue weighted by Gasteiger charge is 2.60. The Balaban J connectivity index is 1.45. The quantitative estimate of drug-likeness (QED) is 0.0205. The topological polar surface area (TPSA) is 373 Å². The molecule has 3 aliphatic rings. The van der Waals surface area contributed by atoms with Crippen LogP contribution in [-0.4, -0.2) is 215 Å². The second-order valence-electron chi connectivity index (χ2n) is 26.8. The van der Waals surface area contributed by atoms with Crippen molar-refractivity contribution in [3.8, 4) is 0 Å². The van der Waals surface area contributed by atoms with Crippen LogP contribution in [0.1, 0.15) is 271 Å². The van der Waals surface area contributed by atoms with E-state index in [1.54, 1.807) is 0 Å². The van der Waals surface area contributed by atoms with E-state index in [1.807, 2.05) is 0 Å². The summed E-state index contributed by atoms with van der Waals surface area (Å²) < 4.78 is 34.8. The number of carbonyl (C=O) groups excluding carboxylic acids is 2. The summed E-state index contributed by atoms with van der Waals surface area (Å²) in [7, 11) is 0. The second-order valence-corrected chi connectivity index (χ2v) is 26.8. The van der Waals surface area contributed by atoms with Gasteiger partial charge in [0.2, 0.25) is 11.8 Å². The number of ether oxygens (including phenoxy) is 6. The van der Waals surface area contributed by atoms with Crippen LogP contribution in [0.15, 0.2) is 24.3 Å². The van der Waals surface area contributed by atoms with Crippen molar-refractivity contribution in [2.45, 2.75) is 381 Å². The normalized spacial score (nSPS) is 28.0. The zero-order valence-electron chi connectivity index (χ0n) is 57.6. The Hall–Kier alpha value is -2.79. The molecule has 23 heteroatoms. The van der Waals surface area contributed by atoms with Gasteiger partial charge in [0, 0.05) is 19.8 Å². The van der Waals surface area contributed by atoms with Crippen LogP contribution >= 0.6 is 0 Å². The number of nitrogens with one attached hydrogen (secondary N) is 2. The number of rotatable bonds is 56. The highest BCUT2D eigenvalue weighted by atomic mass is 16.8. The van der Waals surface area contributed by atoms with E-state index in [4.69, 9.17) is 28.4 Å². The lowest BCUT2D eigenvalue weighted by Crippen LogP contribution is -2.70. The lowest BCUT2D eigenvalue weighted by Gasteiger charge is -2.50. The number of carboxylic acid groups (broad SMARTS) is 1. The molecule has 3 aliphatic heterocycles. The molecule has 0 bridgehead atoms. The minimum absolute atomic E-state index is 0.224.